The van der Waals surface area contributed by atoms with E-state index in [0.717, 1.165) is 0 Å². The van der Waals surface area contributed by atoms with Gasteiger partial charge in [0, 0.05) is 5.02 Å². The summed E-state index contributed by atoms with van der Waals surface area (Å²) in [6, 6.07) is 4.92. The van der Waals surface area contributed by atoms with Crippen LogP contribution < -0.4 is 4.74 Å². The molecule has 0 bridgehead atoms. The molecule has 13 heavy (non-hydrogen) atoms. The van der Waals surface area contributed by atoms with Gasteiger partial charge in [-0.2, -0.15) is 12.6 Å². The van der Waals surface area contributed by atoms with E-state index in [2.05, 4.69) is 12.6 Å². The molecule has 4 heteroatoms. The molecule has 0 atom stereocenters. The monoisotopic (exact) mass is 216 g/mol. The summed E-state index contributed by atoms with van der Waals surface area (Å²) in [6.45, 7) is 0. The fourth-order valence-electron chi connectivity index (χ4n) is 0.983. The number of halogens is 1. The van der Waals surface area contributed by atoms with Gasteiger partial charge in [-0.3, -0.25) is 4.79 Å². The SMILES string of the molecule is COc1ccc(Cl)cc1C(=O)CS. The van der Waals surface area contributed by atoms with Gasteiger partial charge in [0.1, 0.15) is 5.75 Å². The molecule has 0 unspecified atom stereocenters. The van der Waals surface area contributed by atoms with Gasteiger partial charge in [0.2, 0.25) is 0 Å². The van der Waals surface area contributed by atoms with Gasteiger partial charge in [-0.1, -0.05) is 11.6 Å². The molecular weight excluding hydrogens is 208 g/mol. The number of rotatable bonds is 3. The second-order valence-electron chi connectivity index (χ2n) is 2.43. The third-order valence-corrected chi connectivity index (χ3v) is 2.13. The highest BCUT2D eigenvalue weighted by molar-refractivity contribution is 7.81. The Bertz CT molecular complexity index is 325. The van der Waals surface area contributed by atoms with Crippen LogP contribution in [0.3, 0.4) is 0 Å². The van der Waals surface area contributed by atoms with Crippen LogP contribution >= 0.6 is 24.2 Å². The van der Waals surface area contributed by atoms with Crippen LogP contribution in [0.5, 0.6) is 5.75 Å². The van der Waals surface area contributed by atoms with E-state index in [1.165, 1.54) is 7.11 Å². The Morgan fingerprint density at radius 1 is 1.62 bits per heavy atom. The smallest absolute Gasteiger partial charge is 0.176 e. The van der Waals surface area contributed by atoms with Crippen molar-refractivity contribution in [2.24, 2.45) is 0 Å². The van der Waals surface area contributed by atoms with E-state index >= 15 is 0 Å². The first-order valence-corrected chi connectivity index (χ1v) is 4.67. The molecule has 0 aliphatic rings. The van der Waals surface area contributed by atoms with Crippen LogP contribution in [0.25, 0.3) is 0 Å². The maximum Gasteiger partial charge on any atom is 0.176 e. The van der Waals surface area contributed by atoms with Gasteiger partial charge in [-0.25, -0.2) is 0 Å². The molecule has 0 fully saturated rings. The van der Waals surface area contributed by atoms with Crippen molar-refractivity contribution in [1.29, 1.82) is 0 Å². The zero-order valence-electron chi connectivity index (χ0n) is 7.08. The maximum absolute atomic E-state index is 11.3. The standard InChI is InChI=1S/C9H9ClO2S/c1-12-9-3-2-6(10)4-7(9)8(11)5-13/h2-4,13H,5H2,1H3. The van der Waals surface area contributed by atoms with Gasteiger partial charge < -0.3 is 4.74 Å². The van der Waals surface area contributed by atoms with E-state index in [-0.39, 0.29) is 11.5 Å². The summed E-state index contributed by atoms with van der Waals surface area (Å²) < 4.78 is 5.01. The van der Waals surface area contributed by atoms with Crippen molar-refractivity contribution in [2.75, 3.05) is 12.9 Å². The molecule has 0 amide bonds. The summed E-state index contributed by atoms with van der Waals surface area (Å²) in [5.41, 5.74) is 0.477. The topological polar surface area (TPSA) is 26.3 Å². The fourth-order valence-corrected chi connectivity index (χ4v) is 1.33. The molecule has 0 spiro atoms. The molecule has 0 saturated heterocycles. The molecule has 70 valence electrons. The number of hydrogen-bond acceptors (Lipinski definition) is 3. The molecule has 0 aromatic heterocycles. The molecule has 2 nitrogen and oxygen atoms in total. The van der Waals surface area contributed by atoms with Gasteiger partial charge >= 0.3 is 0 Å². The number of hydrogen-bond donors (Lipinski definition) is 1. The lowest BCUT2D eigenvalue weighted by Gasteiger charge is -2.05. The van der Waals surface area contributed by atoms with Crippen LogP contribution in [0.15, 0.2) is 18.2 Å². The third-order valence-electron chi connectivity index (χ3n) is 1.61. The highest BCUT2D eigenvalue weighted by Crippen LogP contribution is 2.23. The quantitative estimate of drug-likeness (QED) is 0.621. The average molecular weight is 217 g/mol. The van der Waals surface area contributed by atoms with Gasteiger partial charge in [0.25, 0.3) is 0 Å². The highest BCUT2D eigenvalue weighted by atomic mass is 35.5. The fraction of sp³-hybridized carbons (Fsp3) is 0.222. The summed E-state index contributed by atoms with van der Waals surface area (Å²) in [5, 5.41) is 0.519. The number of Topliss-reactive ketones (excluding diaryl/α,β-unsaturated/α-hetero) is 1. The van der Waals surface area contributed by atoms with Crippen molar-refractivity contribution >= 4 is 30.0 Å². The Kier molecular flexibility index (Phi) is 3.63. The molecule has 0 radical (unpaired) electrons. The summed E-state index contributed by atoms with van der Waals surface area (Å²) >= 11 is 9.64. The van der Waals surface area contributed by atoms with Crippen molar-refractivity contribution in [1.82, 2.24) is 0 Å². The van der Waals surface area contributed by atoms with Crippen LogP contribution in [0.1, 0.15) is 10.4 Å². The normalized spacial score (nSPS) is 9.77. The molecule has 0 aliphatic heterocycles. The Morgan fingerprint density at radius 3 is 2.85 bits per heavy atom. The van der Waals surface area contributed by atoms with E-state index in [1.807, 2.05) is 0 Å². The molecular formula is C9H9ClO2S. The van der Waals surface area contributed by atoms with Gasteiger partial charge in [0.05, 0.1) is 18.4 Å². The predicted molar refractivity (Wildman–Crippen MR) is 56.2 cm³/mol. The van der Waals surface area contributed by atoms with Crippen LogP contribution in [-0.2, 0) is 0 Å². The number of carbonyl (C=O) groups excluding carboxylic acids is 1. The molecule has 1 rings (SSSR count). The molecule has 0 heterocycles. The number of thiol groups is 1. The Balaban J connectivity index is 3.15. The number of ketones is 1. The maximum atomic E-state index is 11.3. The number of ether oxygens (including phenoxy) is 1. The Labute approximate surface area is 87.3 Å². The molecule has 0 saturated carbocycles. The summed E-state index contributed by atoms with van der Waals surface area (Å²) in [4.78, 5) is 11.3. The number of carbonyl (C=O) groups is 1. The Morgan fingerprint density at radius 2 is 2.31 bits per heavy atom. The lowest BCUT2D eigenvalue weighted by molar-refractivity contribution is 0.102. The highest BCUT2D eigenvalue weighted by Gasteiger charge is 2.10. The summed E-state index contributed by atoms with van der Waals surface area (Å²) in [7, 11) is 1.51. The average Bonchev–Trinajstić information content (AvgIpc) is 2.16. The number of methoxy groups -OCH3 is 1. The van der Waals surface area contributed by atoms with Crippen LogP contribution in [0, 0.1) is 0 Å². The largest absolute Gasteiger partial charge is 0.496 e. The molecule has 0 aliphatic carbocycles. The third kappa shape index (κ3) is 2.39. The lowest BCUT2D eigenvalue weighted by atomic mass is 10.1. The Hall–Kier alpha value is -0.670. The minimum Gasteiger partial charge on any atom is -0.496 e. The lowest BCUT2D eigenvalue weighted by Crippen LogP contribution is -2.03. The summed E-state index contributed by atoms with van der Waals surface area (Å²) in [6.07, 6.45) is 0. The predicted octanol–water partition coefficient (Wildman–Crippen LogP) is 2.46. The zero-order chi connectivity index (χ0) is 9.84. The van der Waals surface area contributed by atoms with Gasteiger partial charge in [0.15, 0.2) is 5.78 Å². The second-order valence-corrected chi connectivity index (χ2v) is 3.18. The van der Waals surface area contributed by atoms with E-state index in [0.29, 0.717) is 16.3 Å². The van der Waals surface area contributed by atoms with Crippen LogP contribution in [0.2, 0.25) is 5.02 Å². The minimum absolute atomic E-state index is 0.0947. The van der Waals surface area contributed by atoms with Gasteiger partial charge in [-0.15, -0.1) is 0 Å². The zero-order valence-corrected chi connectivity index (χ0v) is 8.73. The van der Waals surface area contributed by atoms with Crippen LogP contribution in [-0.4, -0.2) is 18.6 Å². The summed E-state index contributed by atoms with van der Waals surface area (Å²) in [5.74, 6) is 0.586. The molecule has 1 aromatic carbocycles. The van der Waals surface area contributed by atoms with Crippen molar-refractivity contribution in [3.63, 3.8) is 0 Å². The molecule has 1 aromatic rings. The molecule has 0 N–H and O–H groups in total. The number of benzene rings is 1. The van der Waals surface area contributed by atoms with Gasteiger partial charge in [-0.05, 0) is 18.2 Å². The van der Waals surface area contributed by atoms with Crippen molar-refractivity contribution in [3.8, 4) is 5.75 Å². The van der Waals surface area contributed by atoms with Crippen LogP contribution in [0.4, 0.5) is 0 Å². The van der Waals surface area contributed by atoms with Crippen molar-refractivity contribution in [2.45, 2.75) is 0 Å². The van der Waals surface area contributed by atoms with E-state index < -0.39 is 0 Å². The first-order valence-electron chi connectivity index (χ1n) is 3.66. The second kappa shape index (κ2) is 4.53. The first kappa shape index (κ1) is 10.4. The minimum atomic E-state index is -0.0947. The van der Waals surface area contributed by atoms with E-state index in [1.54, 1.807) is 18.2 Å². The van der Waals surface area contributed by atoms with E-state index in [9.17, 15) is 4.79 Å². The van der Waals surface area contributed by atoms with E-state index in [4.69, 9.17) is 16.3 Å². The van der Waals surface area contributed by atoms with Crippen molar-refractivity contribution in [3.05, 3.63) is 28.8 Å². The first-order chi connectivity index (χ1) is 6.19. The van der Waals surface area contributed by atoms with Crippen molar-refractivity contribution < 1.29 is 9.53 Å².